The maximum atomic E-state index is 2.23. The van der Waals surface area contributed by atoms with Crippen LogP contribution in [0.5, 0.6) is 0 Å². The molecule has 0 fully saturated rings. The Morgan fingerprint density at radius 2 is 1.64 bits per heavy atom. The summed E-state index contributed by atoms with van der Waals surface area (Å²) in [7, 11) is 4.21. The van der Waals surface area contributed by atoms with Crippen molar-refractivity contribution in [2.24, 2.45) is 0 Å². The van der Waals surface area contributed by atoms with E-state index in [1.54, 1.807) is 0 Å². The Morgan fingerprint density at radius 1 is 1.09 bits per heavy atom. The zero-order valence-corrected chi connectivity index (χ0v) is 8.06. The fraction of sp³-hybridized carbons (Fsp3) is 0.333. The molecule has 0 aliphatic heterocycles. The Hall–Kier alpha value is -0.470. The quantitative estimate of drug-likeness (QED) is 0.608. The lowest BCUT2D eigenvalue weighted by atomic mass is 10.4. The molecule has 0 N–H and O–H groups in total. The van der Waals surface area contributed by atoms with E-state index in [4.69, 9.17) is 0 Å². The highest BCUT2D eigenvalue weighted by molar-refractivity contribution is 7.94. The summed E-state index contributed by atoms with van der Waals surface area (Å²) in [5.74, 6) is 0. The molecule has 0 amide bonds. The predicted molar refractivity (Wildman–Crippen MR) is 51.7 cm³/mol. The van der Waals surface area contributed by atoms with Crippen LogP contribution in [0.25, 0.3) is 0 Å². The first-order chi connectivity index (χ1) is 5.22. The van der Waals surface area contributed by atoms with Crippen molar-refractivity contribution in [3.8, 4) is 0 Å². The highest BCUT2D eigenvalue weighted by Gasteiger charge is 2.17. The standard InChI is InChI=1S/C9H14NS/c1-10(2)11(3)9-7-5-4-6-8-9/h4-8H,1-3H3/q+1. The van der Waals surface area contributed by atoms with Crippen molar-refractivity contribution in [1.82, 2.24) is 4.31 Å². The van der Waals surface area contributed by atoms with Crippen molar-refractivity contribution in [1.29, 1.82) is 0 Å². The van der Waals surface area contributed by atoms with E-state index < -0.39 is 0 Å². The summed E-state index contributed by atoms with van der Waals surface area (Å²) in [6, 6.07) is 10.6. The van der Waals surface area contributed by atoms with Crippen LogP contribution in [0.1, 0.15) is 0 Å². The van der Waals surface area contributed by atoms with Gasteiger partial charge in [-0.2, -0.15) is 0 Å². The van der Waals surface area contributed by atoms with Gasteiger partial charge in [0.2, 0.25) is 0 Å². The van der Waals surface area contributed by atoms with Crippen molar-refractivity contribution in [3.63, 3.8) is 0 Å². The van der Waals surface area contributed by atoms with Gasteiger partial charge in [0.05, 0.1) is 0 Å². The number of hydrogen-bond acceptors (Lipinski definition) is 1. The van der Waals surface area contributed by atoms with Crippen molar-refractivity contribution in [2.75, 3.05) is 20.4 Å². The first kappa shape index (κ1) is 8.62. The monoisotopic (exact) mass is 168 g/mol. The van der Waals surface area contributed by atoms with E-state index in [0.717, 1.165) is 0 Å². The molecule has 0 aromatic heterocycles. The minimum absolute atomic E-state index is 0.248. The van der Waals surface area contributed by atoms with E-state index in [1.807, 2.05) is 0 Å². The minimum Gasteiger partial charge on any atom is -0.127 e. The van der Waals surface area contributed by atoms with Crippen molar-refractivity contribution in [3.05, 3.63) is 30.3 Å². The molecule has 0 radical (unpaired) electrons. The number of rotatable bonds is 2. The van der Waals surface area contributed by atoms with Gasteiger partial charge in [-0.1, -0.05) is 18.2 Å². The SMILES string of the molecule is CN(C)[S+](C)c1ccccc1. The van der Waals surface area contributed by atoms with E-state index in [2.05, 4.69) is 55.0 Å². The molecular formula is C9H14NS+. The van der Waals surface area contributed by atoms with Crippen LogP contribution in [-0.4, -0.2) is 24.7 Å². The van der Waals surface area contributed by atoms with Gasteiger partial charge < -0.3 is 0 Å². The van der Waals surface area contributed by atoms with Crippen LogP contribution in [0.3, 0.4) is 0 Å². The van der Waals surface area contributed by atoms with Gasteiger partial charge in [0.1, 0.15) is 17.3 Å². The van der Waals surface area contributed by atoms with E-state index >= 15 is 0 Å². The second-order valence-corrected chi connectivity index (χ2v) is 4.76. The topological polar surface area (TPSA) is 3.24 Å². The van der Waals surface area contributed by atoms with Gasteiger partial charge in [-0.25, -0.2) is 0 Å². The molecule has 1 aromatic rings. The second kappa shape index (κ2) is 3.79. The lowest BCUT2D eigenvalue weighted by Crippen LogP contribution is -2.20. The average Bonchev–Trinajstić information content (AvgIpc) is 2.05. The highest BCUT2D eigenvalue weighted by atomic mass is 32.2. The minimum atomic E-state index is 0.248. The smallest absolute Gasteiger partial charge is 0.127 e. The van der Waals surface area contributed by atoms with Crippen LogP contribution in [0, 0.1) is 0 Å². The van der Waals surface area contributed by atoms with E-state index in [1.165, 1.54) is 4.90 Å². The van der Waals surface area contributed by atoms with Gasteiger partial charge in [-0.05, 0) is 12.1 Å². The summed E-state index contributed by atoms with van der Waals surface area (Å²) < 4.78 is 2.23. The van der Waals surface area contributed by atoms with Crippen LogP contribution >= 0.6 is 0 Å². The second-order valence-electron chi connectivity index (χ2n) is 2.60. The van der Waals surface area contributed by atoms with Gasteiger partial charge in [0, 0.05) is 14.1 Å². The third-order valence-electron chi connectivity index (χ3n) is 1.63. The molecule has 1 rings (SSSR count). The molecular weight excluding hydrogens is 154 g/mol. The van der Waals surface area contributed by atoms with Crippen LogP contribution in [0.4, 0.5) is 0 Å². The molecule has 2 heteroatoms. The fourth-order valence-electron chi connectivity index (χ4n) is 0.828. The zero-order valence-electron chi connectivity index (χ0n) is 7.24. The lowest BCUT2D eigenvalue weighted by Gasteiger charge is -2.07. The summed E-state index contributed by atoms with van der Waals surface area (Å²) in [6.45, 7) is 0. The first-order valence-corrected chi connectivity index (χ1v) is 5.19. The normalized spacial score (nSPS) is 13.5. The van der Waals surface area contributed by atoms with E-state index in [0.29, 0.717) is 0 Å². The van der Waals surface area contributed by atoms with Gasteiger partial charge in [-0.15, -0.1) is 4.31 Å². The molecule has 0 heterocycles. The fourth-order valence-corrected chi connectivity index (χ4v) is 1.80. The predicted octanol–water partition coefficient (Wildman–Crippen LogP) is 1.77. The van der Waals surface area contributed by atoms with Crippen LogP contribution in [0.15, 0.2) is 35.2 Å². The van der Waals surface area contributed by atoms with Crippen LogP contribution in [0.2, 0.25) is 0 Å². The van der Waals surface area contributed by atoms with Crippen molar-refractivity contribution >= 4 is 11.1 Å². The van der Waals surface area contributed by atoms with Gasteiger partial charge >= 0.3 is 0 Å². The molecule has 0 bridgehead atoms. The summed E-state index contributed by atoms with van der Waals surface area (Å²) in [4.78, 5) is 1.40. The summed E-state index contributed by atoms with van der Waals surface area (Å²) in [5.41, 5.74) is 0. The zero-order chi connectivity index (χ0) is 8.27. The molecule has 11 heavy (non-hydrogen) atoms. The molecule has 0 spiro atoms. The largest absolute Gasteiger partial charge is 0.175 e. The summed E-state index contributed by atoms with van der Waals surface area (Å²) in [5, 5.41) is 0. The molecule has 1 aromatic carbocycles. The van der Waals surface area contributed by atoms with Gasteiger partial charge in [-0.3, -0.25) is 0 Å². The Kier molecular flexibility index (Phi) is 2.97. The highest BCUT2D eigenvalue weighted by Crippen LogP contribution is 2.11. The maximum absolute atomic E-state index is 2.23. The molecule has 1 nitrogen and oxygen atoms in total. The Labute approximate surface area is 71.5 Å². The third-order valence-corrected chi connectivity index (χ3v) is 3.68. The molecule has 1 unspecified atom stereocenters. The lowest BCUT2D eigenvalue weighted by molar-refractivity contribution is 0.689. The van der Waals surface area contributed by atoms with Gasteiger partial charge in [0.25, 0.3) is 0 Å². The van der Waals surface area contributed by atoms with E-state index in [-0.39, 0.29) is 11.1 Å². The number of nitrogens with zero attached hydrogens (tertiary/aromatic N) is 1. The maximum Gasteiger partial charge on any atom is 0.175 e. The molecule has 60 valence electrons. The average molecular weight is 168 g/mol. The van der Waals surface area contributed by atoms with E-state index in [9.17, 15) is 0 Å². The third kappa shape index (κ3) is 2.24. The Morgan fingerprint density at radius 3 is 2.09 bits per heavy atom. The Balaban J connectivity index is 2.77. The molecule has 1 atom stereocenters. The molecule has 0 aliphatic carbocycles. The Bertz CT molecular complexity index is 208. The number of hydrogen-bond donors (Lipinski definition) is 0. The molecule has 0 aliphatic rings. The van der Waals surface area contributed by atoms with Gasteiger partial charge in [0.15, 0.2) is 4.90 Å². The molecule has 0 saturated heterocycles. The summed E-state index contributed by atoms with van der Waals surface area (Å²) in [6.07, 6.45) is 2.23. The van der Waals surface area contributed by atoms with Crippen molar-refractivity contribution in [2.45, 2.75) is 4.90 Å². The first-order valence-electron chi connectivity index (χ1n) is 3.60. The molecule has 0 saturated carbocycles. The number of benzene rings is 1. The van der Waals surface area contributed by atoms with Crippen LogP contribution < -0.4 is 0 Å². The van der Waals surface area contributed by atoms with Crippen LogP contribution in [-0.2, 0) is 11.1 Å². The summed E-state index contributed by atoms with van der Waals surface area (Å²) >= 11 is 0.248. The van der Waals surface area contributed by atoms with Crippen molar-refractivity contribution < 1.29 is 0 Å².